The summed E-state index contributed by atoms with van der Waals surface area (Å²) in [5.74, 6) is -0.359. The zero-order valence-corrected chi connectivity index (χ0v) is 11.6. The van der Waals surface area contributed by atoms with Gasteiger partial charge in [0.2, 0.25) is 0 Å². The van der Waals surface area contributed by atoms with Gasteiger partial charge < -0.3 is 4.74 Å². The van der Waals surface area contributed by atoms with Crippen LogP contribution in [0.2, 0.25) is 0 Å². The molecule has 2 aromatic carbocycles. The first-order valence-corrected chi connectivity index (χ1v) is 6.85. The van der Waals surface area contributed by atoms with Crippen LogP contribution in [0.25, 0.3) is 11.0 Å². The van der Waals surface area contributed by atoms with Crippen molar-refractivity contribution in [3.8, 4) is 0 Å². The van der Waals surface area contributed by atoms with Crippen LogP contribution in [-0.4, -0.2) is 21.0 Å². The van der Waals surface area contributed by atoms with Crippen molar-refractivity contribution >= 4 is 17.0 Å². The molecule has 0 bridgehead atoms. The molecule has 0 aliphatic rings. The summed E-state index contributed by atoms with van der Waals surface area (Å²) in [5, 5.41) is 8.19. The van der Waals surface area contributed by atoms with Crippen molar-refractivity contribution in [1.82, 2.24) is 15.0 Å². The minimum atomic E-state index is -0.467. The van der Waals surface area contributed by atoms with Gasteiger partial charge in [-0.3, -0.25) is 0 Å². The molecule has 1 atom stereocenters. The molecule has 3 aromatic rings. The Bertz CT molecular complexity index is 752. The van der Waals surface area contributed by atoms with E-state index >= 15 is 0 Å². The number of esters is 1. The fourth-order valence-corrected chi connectivity index (χ4v) is 2.17. The van der Waals surface area contributed by atoms with Crippen molar-refractivity contribution in [3.05, 3.63) is 60.2 Å². The molecule has 5 heteroatoms. The predicted octanol–water partition coefficient (Wildman–Crippen LogP) is 3.20. The molecule has 0 N–H and O–H groups in total. The maximum Gasteiger partial charge on any atom is 0.340 e. The Morgan fingerprint density at radius 2 is 1.86 bits per heavy atom. The van der Waals surface area contributed by atoms with Crippen molar-refractivity contribution in [2.75, 3.05) is 0 Å². The van der Waals surface area contributed by atoms with Crippen molar-refractivity contribution in [3.63, 3.8) is 0 Å². The molecule has 0 radical (unpaired) electrons. The SMILES string of the molecule is CCC(OC(=O)c1ccccc1)n1nnc2ccccc21. The molecular weight excluding hydrogens is 266 g/mol. The van der Waals surface area contributed by atoms with E-state index in [1.165, 1.54) is 0 Å². The number of ether oxygens (including phenoxy) is 1. The van der Waals surface area contributed by atoms with Crippen LogP contribution in [0.3, 0.4) is 0 Å². The van der Waals surface area contributed by atoms with Crippen molar-refractivity contribution in [2.24, 2.45) is 0 Å². The Morgan fingerprint density at radius 3 is 2.62 bits per heavy atom. The maximum absolute atomic E-state index is 12.2. The van der Waals surface area contributed by atoms with Gasteiger partial charge in [0.25, 0.3) is 0 Å². The van der Waals surface area contributed by atoms with E-state index in [1.807, 2.05) is 49.4 Å². The maximum atomic E-state index is 12.2. The largest absolute Gasteiger partial charge is 0.436 e. The van der Waals surface area contributed by atoms with E-state index < -0.39 is 6.23 Å². The van der Waals surface area contributed by atoms with E-state index in [4.69, 9.17) is 4.74 Å². The van der Waals surface area contributed by atoms with E-state index in [2.05, 4.69) is 10.3 Å². The molecule has 21 heavy (non-hydrogen) atoms. The zero-order chi connectivity index (χ0) is 14.7. The third kappa shape index (κ3) is 2.63. The summed E-state index contributed by atoms with van der Waals surface area (Å²) in [6, 6.07) is 16.5. The third-order valence-corrected chi connectivity index (χ3v) is 3.25. The van der Waals surface area contributed by atoms with E-state index in [1.54, 1.807) is 16.8 Å². The summed E-state index contributed by atoms with van der Waals surface area (Å²) < 4.78 is 7.21. The van der Waals surface area contributed by atoms with Gasteiger partial charge in [-0.25, -0.2) is 9.48 Å². The number of hydrogen-bond donors (Lipinski definition) is 0. The minimum Gasteiger partial charge on any atom is -0.436 e. The summed E-state index contributed by atoms with van der Waals surface area (Å²) in [6.45, 7) is 1.94. The molecule has 1 aromatic heterocycles. The lowest BCUT2D eigenvalue weighted by Crippen LogP contribution is -2.18. The molecule has 0 saturated heterocycles. The lowest BCUT2D eigenvalue weighted by molar-refractivity contribution is 0.00440. The highest BCUT2D eigenvalue weighted by Crippen LogP contribution is 2.20. The number of rotatable bonds is 4. The normalized spacial score (nSPS) is 12.2. The zero-order valence-electron chi connectivity index (χ0n) is 11.6. The van der Waals surface area contributed by atoms with Gasteiger partial charge in [0.15, 0.2) is 6.23 Å². The number of hydrogen-bond acceptors (Lipinski definition) is 4. The Hall–Kier alpha value is -2.69. The van der Waals surface area contributed by atoms with Gasteiger partial charge in [0.05, 0.1) is 11.1 Å². The smallest absolute Gasteiger partial charge is 0.340 e. The number of fused-ring (bicyclic) bond motifs is 1. The molecular formula is C16H15N3O2. The Balaban J connectivity index is 1.87. The summed E-state index contributed by atoms with van der Waals surface area (Å²) in [4.78, 5) is 12.2. The van der Waals surface area contributed by atoms with Crippen LogP contribution in [0, 0.1) is 0 Å². The Morgan fingerprint density at radius 1 is 1.14 bits per heavy atom. The molecule has 0 saturated carbocycles. The van der Waals surface area contributed by atoms with E-state index in [0.29, 0.717) is 12.0 Å². The van der Waals surface area contributed by atoms with Gasteiger partial charge in [-0.05, 0) is 24.3 Å². The second-order valence-electron chi connectivity index (χ2n) is 4.66. The van der Waals surface area contributed by atoms with Gasteiger partial charge in [-0.2, -0.15) is 0 Å². The molecule has 0 fully saturated rings. The average molecular weight is 281 g/mol. The predicted molar refractivity (Wildman–Crippen MR) is 78.7 cm³/mol. The van der Waals surface area contributed by atoms with Gasteiger partial charge in [0, 0.05) is 6.42 Å². The Kier molecular flexibility index (Phi) is 3.64. The second-order valence-corrected chi connectivity index (χ2v) is 4.66. The molecule has 5 nitrogen and oxygen atoms in total. The number of nitrogens with zero attached hydrogens (tertiary/aromatic N) is 3. The lowest BCUT2D eigenvalue weighted by atomic mass is 10.2. The molecule has 1 heterocycles. The van der Waals surface area contributed by atoms with Crippen LogP contribution in [0.4, 0.5) is 0 Å². The fourth-order valence-electron chi connectivity index (χ4n) is 2.17. The number of aromatic nitrogens is 3. The average Bonchev–Trinajstić information content (AvgIpc) is 2.97. The van der Waals surface area contributed by atoms with Crippen LogP contribution in [0.15, 0.2) is 54.6 Å². The minimum absolute atomic E-state index is 0.359. The van der Waals surface area contributed by atoms with Crippen LogP contribution in [0.1, 0.15) is 29.9 Å². The van der Waals surface area contributed by atoms with E-state index in [-0.39, 0.29) is 5.97 Å². The molecule has 0 aliphatic heterocycles. The highest BCUT2D eigenvalue weighted by Gasteiger charge is 2.19. The van der Waals surface area contributed by atoms with E-state index in [0.717, 1.165) is 11.0 Å². The number of benzene rings is 2. The summed E-state index contributed by atoms with van der Waals surface area (Å²) in [7, 11) is 0. The molecule has 0 spiro atoms. The molecule has 1 unspecified atom stereocenters. The van der Waals surface area contributed by atoms with Gasteiger partial charge in [-0.15, -0.1) is 5.10 Å². The van der Waals surface area contributed by atoms with Crippen molar-refractivity contribution in [1.29, 1.82) is 0 Å². The van der Waals surface area contributed by atoms with Gasteiger partial charge >= 0.3 is 5.97 Å². The quantitative estimate of drug-likeness (QED) is 0.689. The topological polar surface area (TPSA) is 57.0 Å². The van der Waals surface area contributed by atoms with Crippen LogP contribution in [-0.2, 0) is 4.74 Å². The molecule has 3 rings (SSSR count). The van der Waals surface area contributed by atoms with Crippen molar-refractivity contribution in [2.45, 2.75) is 19.6 Å². The first kappa shape index (κ1) is 13.3. The molecule has 0 aliphatic carbocycles. The summed E-state index contributed by atoms with van der Waals surface area (Å²) >= 11 is 0. The highest BCUT2D eigenvalue weighted by molar-refractivity contribution is 5.89. The van der Waals surface area contributed by atoms with E-state index in [9.17, 15) is 4.79 Å². The van der Waals surface area contributed by atoms with Crippen molar-refractivity contribution < 1.29 is 9.53 Å². The lowest BCUT2D eigenvalue weighted by Gasteiger charge is -2.16. The Labute approximate surface area is 122 Å². The summed E-state index contributed by atoms with van der Waals surface area (Å²) in [5.41, 5.74) is 2.16. The fraction of sp³-hybridized carbons (Fsp3) is 0.188. The third-order valence-electron chi connectivity index (χ3n) is 3.25. The standard InChI is InChI=1S/C16H15N3O2/c1-2-15(21-16(20)12-8-4-3-5-9-12)19-14-11-7-6-10-13(14)17-18-19/h3-11,15H,2H2,1H3. The number of carbonyl (C=O) groups excluding carboxylic acids is 1. The highest BCUT2D eigenvalue weighted by atomic mass is 16.6. The van der Waals surface area contributed by atoms with Crippen LogP contribution < -0.4 is 0 Å². The van der Waals surface area contributed by atoms with Crippen LogP contribution >= 0.6 is 0 Å². The van der Waals surface area contributed by atoms with Gasteiger partial charge in [-0.1, -0.05) is 42.5 Å². The first-order valence-electron chi connectivity index (χ1n) is 6.85. The number of carbonyl (C=O) groups is 1. The molecule has 106 valence electrons. The molecule has 0 amide bonds. The second kappa shape index (κ2) is 5.75. The van der Waals surface area contributed by atoms with Crippen LogP contribution in [0.5, 0.6) is 0 Å². The number of para-hydroxylation sites is 1. The van der Waals surface area contributed by atoms with Gasteiger partial charge in [0.1, 0.15) is 5.52 Å². The first-order chi connectivity index (χ1) is 10.3. The summed E-state index contributed by atoms with van der Waals surface area (Å²) in [6.07, 6.45) is 0.149. The monoisotopic (exact) mass is 281 g/mol.